The summed E-state index contributed by atoms with van der Waals surface area (Å²) in [5.41, 5.74) is 1.73. The van der Waals surface area contributed by atoms with Gasteiger partial charge in [0.05, 0.1) is 24.4 Å². The van der Waals surface area contributed by atoms with Crippen molar-refractivity contribution in [3.63, 3.8) is 0 Å². The van der Waals surface area contributed by atoms with Gasteiger partial charge in [0.15, 0.2) is 0 Å². The van der Waals surface area contributed by atoms with Crippen LogP contribution in [-0.4, -0.2) is 36.1 Å². The third kappa shape index (κ3) is 3.85. The van der Waals surface area contributed by atoms with E-state index in [1.54, 1.807) is 13.3 Å². The lowest BCUT2D eigenvalue weighted by molar-refractivity contribution is -0.120. The van der Waals surface area contributed by atoms with Crippen LogP contribution in [0, 0.1) is 6.92 Å². The highest BCUT2D eigenvalue weighted by Crippen LogP contribution is 2.26. The van der Waals surface area contributed by atoms with E-state index < -0.39 is 0 Å². The Kier molecular flexibility index (Phi) is 5.20. The number of carbonyl (C=O) groups is 1. The number of nitrogens with zero attached hydrogens (tertiary/aromatic N) is 2. The summed E-state index contributed by atoms with van der Waals surface area (Å²) in [4.78, 5) is 21.5. The molecule has 0 spiro atoms. The van der Waals surface area contributed by atoms with Crippen LogP contribution in [-0.2, 0) is 16.0 Å². The molecular weight excluding hydrogens is 274 g/mol. The molecule has 106 valence electrons. The molecule has 0 radical (unpaired) electrons. The smallest absolute Gasteiger partial charge is 0.225 e. The number of aromatic nitrogens is 2. The van der Waals surface area contributed by atoms with E-state index in [9.17, 15) is 4.79 Å². The van der Waals surface area contributed by atoms with Crippen molar-refractivity contribution >= 4 is 17.2 Å². The van der Waals surface area contributed by atoms with Crippen molar-refractivity contribution in [3.8, 4) is 10.7 Å². The minimum absolute atomic E-state index is 0.0126. The van der Waals surface area contributed by atoms with E-state index in [-0.39, 0.29) is 5.91 Å². The third-order valence-electron chi connectivity index (χ3n) is 2.73. The maximum Gasteiger partial charge on any atom is 0.225 e. The van der Waals surface area contributed by atoms with Gasteiger partial charge in [0.2, 0.25) is 5.91 Å². The van der Waals surface area contributed by atoms with Crippen molar-refractivity contribution in [1.29, 1.82) is 0 Å². The zero-order valence-corrected chi connectivity index (χ0v) is 12.4. The maximum atomic E-state index is 11.8. The number of amides is 1. The number of rotatable bonds is 6. The first kappa shape index (κ1) is 14.6. The second-order valence-corrected chi connectivity index (χ2v) is 5.35. The third-order valence-corrected chi connectivity index (χ3v) is 3.91. The number of nitrogens with one attached hydrogen (secondary N) is 1. The molecule has 5 nitrogen and oxygen atoms in total. The Morgan fingerprint density at radius 1 is 1.45 bits per heavy atom. The van der Waals surface area contributed by atoms with Crippen LogP contribution in [0.3, 0.4) is 0 Å². The Morgan fingerprint density at radius 2 is 2.30 bits per heavy atom. The number of methoxy groups -OCH3 is 1. The summed E-state index contributed by atoms with van der Waals surface area (Å²) in [7, 11) is 1.61. The van der Waals surface area contributed by atoms with Gasteiger partial charge in [0.1, 0.15) is 5.01 Å². The molecule has 0 unspecified atom stereocenters. The average Bonchev–Trinajstić information content (AvgIpc) is 2.81. The first-order valence-electron chi connectivity index (χ1n) is 6.34. The molecule has 2 heterocycles. The van der Waals surface area contributed by atoms with E-state index in [4.69, 9.17) is 4.74 Å². The van der Waals surface area contributed by atoms with Crippen LogP contribution in [0.4, 0.5) is 0 Å². The molecule has 0 fully saturated rings. The largest absolute Gasteiger partial charge is 0.383 e. The minimum Gasteiger partial charge on any atom is -0.383 e. The molecule has 0 bridgehead atoms. The van der Waals surface area contributed by atoms with Crippen molar-refractivity contribution in [2.75, 3.05) is 20.3 Å². The molecular formula is C14H17N3O2S. The van der Waals surface area contributed by atoms with Crippen LogP contribution in [0.1, 0.15) is 10.6 Å². The monoisotopic (exact) mass is 291 g/mol. The van der Waals surface area contributed by atoms with Crippen LogP contribution in [0.25, 0.3) is 10.7 Å². The van der Waals surface area contributed by atoms with Crippen LogP contribution in [0.5, 0.6) is 0 Å². The van der Waals surface area contributed by atoms with E-state index in [1.807, 2.05) is 25.1 Å². The molecule has 20 heavy (non-hydrogen) atoms. The highest BCUT2D eigenvalue weighted by molar-refractivity contribution is 7.15. The van der Waals surface area contributed by atoms with Crippen molar-refractivity contribution in [1.82, 2.24) is 15.3 Å². The summed E-state index contributed by atoms with van der Waals surface area (Å²) in [6.45, 7) is 2.97. The molecule has 0 aliphatic carbocycles. The van der Waals surface area contributed by atoms with E-state index in [0.29, 0.717) is 19.6 Å². The summed E-state index contributed by atoms with van der Waals surface area (Å²) >= 11 is 1.51. The quantitative estimate of drug-likeness (QED) is 0.825. The first-order chi connectivity index (χ1) is 9.70. The summed E-state index contributed by atoms with van der Waals surface area (Å²) in [6.07, 6.45) is 2.09. The fourth-order valence-electron chi connectivity index (χ4n) is 1.69. The lowest BCUT2D eigenvalue weighted by Crippen LogP contribution is -2.28. The maximum absolute atomic E-state index is 11.8. The molecule has 0 saturated heterocycles. The van der Waals surface area contributed by atoms with Gasteiger partial charge < -0.3 is 10.1 Å². The zero-order chi connectivity index (χ0) is 14.4. The summed E-state index contributed by atoms with van der Waals surface area (Å²) in [6, 6.07) is 5.71. The van der Waals surface area contributed by atoms with E-state index in [2.05, 4.69) is 15.3 Å². The van der Waals surface area contributed by atoms with Crippen LogP contribution in [0.2, 0.25) is 0 Å². The van der Waals surface area contributed by atoms with Gasteiger partial charge in [0, 0.05) is 24.7 Å². The van der Waals surface area contributed by atoms with Gasteiger partial charge in [-0.1, -0.05) is 6.07 Å². The first-order valence-corrected chi connectivity index (χ1v) is 7.15. The summed E-state index contributed by atoms with van der Waals surface area (Å²) in [5, 5.41) is 3.66. The zero-order valence-electron chi connectivity index (χ0n) is 11.5. The van der Waals surface area contributed by atoms with E-state index in [0.717, 1.165) is 21.3 Å². The van der Waals surface area contributed by atoms with Gasteiger partial charge in [-0.2, -0.15) is 0 Å². The molecule has 2 rings (SSSR count). The highest BCUT2D eigenvalue weighted by Gasteiger charge is 2.13. The number of hydrogen-bond donors (Lipinski definition) is 1. The normalized spacial score (nSPS) is 10.5. The second-order valence-electron chi connectivity index (χ2n) is 4.26. The molecule has 0 atom stereocenters. The fraction of sp³-hybridized carbons (Fsp3) is 0.357. The van der Waals surface area contributed by atoms with Crippen LogP contribution in [0.15, 0.2) is 24.4 Å². The molecule has 6 heteroatoms. The average molecular weight is 291 g/mol. The Labute approximate surface area is 122 Å². The number of pyridine rings is 1. The van der Waals surface area contributed by atoms with Crippen molar-refractivity contribution in [3.05, 3.63) is 35.0 Å². The van der Waals surface area contributed by atoms with Crippen LogP contribution >= 0.6 is 11.3 Å². The predicted molar refractivity (Wildman–Crippen MR) is 78.7 cm³/mol. The molecule has 0 aliphatic heterocycles. The minimum atomic E-state index is -0.0126. The van der Waals surface area contributed by atoms with Crippen molar-refractivity contribution in [2.45, 2.75) is 13.3 Å². The van der Waals surface area contributed by atoms with Gasteiger partial charge >= 0.3 is 0 Å². The van der Waals surface area contributed by atoms with Gasteiger partial charge in [-0.15, -0.1) is 11.3 Å². The van der Waals surface area contributed by atoms with Gasteiger partial charge in [-0.25, -0.2) is 4.98 Å². The van der Waals surface area contributed by atoms with E-state index in [1.165, 1.54) is 11.3 Å². The lowest BCUT2D eigenvalue weighted by Gasteiger charge is -2.03. The molecule has 2 aromatic heterocycles. The number of aryl methyl sites for hydroxylation is 1. The molecule has 0 saturated carbocycles. The van der Waals surface area contributed by atoms with Crippen LogP contribution < -0.4 is 5.32 Å². The SMILES string of the molecule is COCCNC(=O)Cc1sc(-c2ccccn2)nc1C. The Balaban J connectivity index is 2.03. The second kappa shape index (κ2) is 7.12. The Bertz CT molecular complexity index is 569. The van der Waals surface area contributed by atoms with Gasteiger partial charge in [-0.05, 0) is 19.1 Å². The summed E-state index contributed by atoms with van der Waals surface area (Å²) in [5.74, 6) is -0.0126. The van der Waals surface area contributed by atoms with Gasteiger partial charge in [0.25, 0.3) is 0 Å². The van der Waals surface area contributed by atoms with Gasteiger partial charge in [-0.3, -0.25) is 9.78 Å². The molecule has 0 aromatic carbocycles. The standard InChI is InChI=1S/C14H17N3O2S/c1-10-12(9-13(18)16-7-8-19-2)20-14(17-10)11-5-3-4-6-15-11/h3-6H,7-9H2,1-2H3,(H,16,18). The number of hydrogen-bond acceptors (Lipinski definition) is 5. The van der Waals surface area contributed by atoms with E-state index >= 15 is 0 Å². The number of ether oxygens (including phenoxy) is 1. The Hall–Kier alpha value is -1.79. The molecule has 2 aromatic rings. The Morgan fingerprint density at radius 3 is 3.00 bits per heavy atom. The van der Waals surface area contributed by atoms with Crippen molar-refractivity contribution < 1.29 is 9.53 Å². The van der Waals surface area contributed by atoms with Crippen molar-refractivity contribution in [2.24, 2.45) is 0 Å². The number of thiazole rings is 1. The molecule has 1 amide bonds. The molecule has 1 N–H and O–H groups in total. The fourth-order valence-corrected chi connectivity index (χ4v) is 2.73. The number of carbonyl (C=O) groups excluding carboxylic acids is 1. The predicted octanol–water partition coefficient (Wildman–Crippen LogP) is 1.82. The lowest BCUT2D eigenvalue weighted by atomic mass is 10.3. The summed E-state index contributed by atoms with van der Waals surface area (Å²) < 4.78 is 4.90. The topological polar surface area (TPSA) is 64.1 Å². The molecule has 0 aliphatic rings. The highest BCUT2D eigenvalue weighted by atomic mass is 32.1.